The first-order valence-electron chi connectivity index (χ1n) is 5.50. The lowest BCUT2D eigenvalue weighted by Gasteiger charge is -2.13. The molecule has 0 aliphatic heterocycles. The number of methoxy groups -OCH3 is 2. The Bertz CT molecular complexity index is 264. The third-order valence-corrected chi connectivity index (χ3v) is 3.47. The Morgan fingerprint density at radius 3 is 2.56 bits per heavy atom. The van der Waals surface area contributed by atoms with Crippen molar-refractivity contribution in [1.82, 2.24) is 0 Å². The summed E-state index contributed by atoms with van der Waals surface area (Å²) in [5.74, 6) is 2.13. The highest BCUT2D eigenvalue weighted by molar-refractivity contribution is 7.99. The summed E-state index contributed by atoms with van der Waals surface area (Å²) in [6.07, 6.45) is 1.33. The zero-order valence-electron chi connectivity index (χ0n) is 10.0. The molecule has 0 radical (unpaired) electrons. The summed E-state index contributed by atoms with van der Waals surface area (Å²) in [5, 5.41) is 0. The molecular formula is C13H20O2S. The van der Waals surface area contributed by atoms with Gasteiger partial charge in [0.15, 0.2) is 0 Å². The van der Waals surface area contributed by atoms with Gasteiger partial charge in [0, 0.05) is 20.0 Å². The number of rotatable bonds is 8. The minimum absolute atomic E-state index is 0.214. The zero-order chi connectivity index (χ0) is 11.6. The van der Waals surface area contributed by atoms with Crippen molar-refractivity contribution in [2.24, 2.45) is 0 Å². The van der Waals surface area contributed by atoms with Gasteiger partial charge >= 0.3 is 0 Å². The second-order valence-electron chi connectivity index (χ2n) is 3.62. The highest BCUT2D eigenvalue weighted by Crippen LogP contribution is 2.09. The first kappa shape index (κ1) is 13.6. The van der Waals surface area contributed by atoms with Gasteiger partial charge in [-0.15, -0.1) is 0 Å². The Morgan fingerprint density at radius 1 is 1.19 bits per heavy atom. The van der Waals surface area contributed by atoms with Crippen molar-refractivity contribution in [2.45, 2.75) is 12.5 Å². The van der Waals surface area contributed by atoms with Crippen LogP contribution in [-0.4, -0.2) is 38.4 Å². The molecule has 0 saturated heterocycles. The van der Waals surface area contributed by atoms with Crippen molar-refractivity contribution in [3.05, 3.63) is 35.9 Å². The Balaban J connectivity index is 2.11. The fraction of sp³-hybridized carbons (Fsp3) is 0.538. The monoisotopic (exact) mass is 240 g/mol. The Labute approximate surface area is 102 Å². The normalized spacial score (nSPS) is 12.6. The van der Waals surface area contributed by atoms with E-state index >= 15 is 0 Å². The first-order valence-corrected chi connectivity index (χ1v) is 6.65. The third kappa shape index (κ3) is 5.54. The smallest absolute Gasteiger partial charge is 0.0894 e. The fourth-order valence-electron chi connectivity index (χ4n) is 1.42. The summed E-state index contributed by atoms with van der Waals surface area (Å²) in [6, 6.07) is 10.6. The van der Waals surface area contributed by atoms with Crippen molar-refractivity contribution < 1.29 is 9.47 Å². The molecule has 0 N–H and O–H groups in total. The van der Waals surface area contributed by atoms with Crippen LogP contribution in [0.25, 0.3) is 0 Å². The molecule has 0 bridgehead atoms. The second kappa shape index (κ2) is 8.62. The number of benzene rings is 1. The van der Waals surface area contributed by atoms with E-state index in [9.17, 15) is 0 Å². The van der Waals surface area contributed by atoms with Crippen LogP contribution < -0.4 is 0 Å². The molecule has 16 heavy (non-hydrogen) atoms. The average Bonchev–Trinajstić information content (AvgIpc) is 2.34. The Hall–Kier alpha value is -0.510. The maximum atomic E-state index is 5.30. The van der Waals surface area contributed by atoms with Crippen LogP contribution in [0.4, 0.5) is 0 Å². The van der Waals surface area contributed by atoms with Crippen LogP contribution in [0.2, 0.25) is 0 Å². The van der Waals surface area contributed by atoms with E-state index in [1.165, 1.54) is 5.56 Å². The molecule has 3 heteroatoms. The summed E-state index contributed by atoms with van der Waals surface area (Å²) in [6.45, 7) is 0.675. The maximum absolute atomic E-state index is 5.30. The summed E-state index contributed by atoms with van der Waals surface area (Å²) < 4.78 is 10.4. The minimum Gasteiger partial charge on any atom is -0.382 e. The van der Waals surface area contributed by atoms with E-state index < -0.39 is 0 Å². The second-order valence-corrected chi connectivity index (χ2v) is 4.77. The van der Waals surface area contributed by atoms with E-state index in [0.717, 1.165) is 17.9 Å². The van der Waals surface area contributed by atoms with Crippen LogP contribution in [0.15, 0.2) is 30.3 Å². The summed E-state index contributed by atoms with van der Waals surface area (Å²) in [4.78, 5) is 0. The maximum Gasteiger partial charge on any atom is 0.0894 e. The van der Waals surface area contributed by atoms with Crippen LogP contribution >= 0.6 is 11.8 Å². The van der Waals surface area contributed by atoms with E-state index in [2.05, 4.69) is 30.3 Å². The highest BCUT2D eigenvalue weighted by Gasteiger charge is 2.06. The van der Waals surface area contributed by atoms with Gasteiger partial charge in [-0.3, -0.25) is 0 Å². The molecule has 0 amide bonds. The summed E-state index contributed by atoms with van der Waals surface area (Å²) in [7, 11) is 3.45. The van der Waals surface area contributed by atoms with Crippen LogP contribution in [-0.2, 0) is 15.9 Å². The van der Waals surface area contributed by atoms with E-state index in [1.807, 2.05) is 11.8 Å². The number of hydrogen-bond donors (Lipinski definition) is 0. The van der Waals surface area contributed by atoms with Crippen molar-refractivity contribution in [3.8, 4) is 0 Å². The van der Waals surface area contributed by atoms with E-state index in [-0.39, 0.29) is 6.10 Å². The molecule has 90 valence electrons. The molecule has 0 aliphatic rings. The SMILES string of the molecule is COCC(CSCCc1ccccc1)OC. The third-order valence-electron chi connectivity index (χ3n) is 2.37. The van der Waals surface area contributed by atoms with E-state index in [1.54, 1.807) is 14.2 Å². The number of thioether (sulfide) groups is 1. The number of aryl methyl sites for hydroxylation is 1. The topological polar surface area (TPSA) is 18.5 Å². The summed E-state index contributed by atoms with van der Waals surface area (Å²) in [5.41, 5.74) is 1.40. The predicted molar refractivity (Wildman–Crippen MR) is 70.1 cm³/mol. The minimum atomic E-state index is 0.214. The van der Waals surface area contributed by atoms with Crippen LogP contribution in [0.1, 0.15) is 5.56 Å². The molecule has 0 aromatic heterocycles. The van der Waals surface area contributed by atoms with Crippen molar-refractivity contribution in [1.29, 1.82) is 0 Å². The predicted octanol–water partition coefficient (Wildman–Crippen LogP) is 2.62. The lowest BCUT2D eigenvalue weighted by Crippen LogP contribution is -2.20. The highest BCUT2D eigenvalue weighted by atomic mass is 32.2. The average molecular weight is 240 g/mol. The zero-order valence-corrected chi connectivity index (χ0v) is 10.8. The molecule has 1 aromatic rings. The van der Waals surface area contributed by atoms with Crippen LogP contribution in [0, 0.1) is 0 Å². The molecule has 0 saturated carbocycles. The number of hydrogen-bond acceptors (Lipinski definition) is 3. The van der Waals surface area contributed by atoms with Gasteiger partial charge in [-0.1, -0.05) is 30.3 Å². The molecule has 0 fully saturated rings. The van der Waals surface area contributed by atoms with Gasteiger partial charge in [0.2, 0.25) is 0 Å². The van der Waals surface area contributed by atoms with Gasteiger partial charge in [-0.2, -0.15) is 11.8 Å². The van der Waals surface area contributed by atoms with Crippen LogP contribution in [0.5, 0.6) is 0 Å². The molecular weight excluding hydrogens is 220 g/mol. The van der Waals surface area contributed by atoms with Gasteiger partial charge in [0.1, 0.15) is 0 Å². The van der Waals surface area contributed by atoms with Crippen LogP contribution in [0.3, 0.4) is 0 Å². The quantitative estimate of drug-likeness (QED) is 0.651. The van der Waals surface area contributed by atoms with Gasteiger partial charge in [-0.25, -0.2) is 0 Å². The molecule has 0 aliphatic carbocycles. The standard InChI is InChI=1S/C13H20O2S/c1-14-10-13(15-2)11-16-9-8-12-6-4-3-5-7-12/h3-7,13H,8-11H2,1-2H3. The van der Waals surface area contributed by atoms with Crippen molar-refractivity contribution in [3.63, 3.8) is 0 Å². The molecule has 1 aromatic carbocycles. The molecule has 2 nitrogen and oxygen atoms in total. The molecule has 1 atom stereocenters. The fourth-order valence-corrected chi connectivity index (χ4v) is 2.46. The van der Waals surface area contributed by atoms with Crippen molar-refractivity contribution in [2.75, 3.05) is 32.3 Å². The molecule has 1 unspecified atom stereocenters. The molecule has 0 spiro atoms. The van der Waals surface area contributed by atoms with E-state index in [0.29, 0.717) is 6.61 Å². The lowest BCUT2D eigenvalue weighted by atomic mass is 10.2. The van der Waals surface area contributed by atoms with Gasteiger partial charge in [0.05, 0.1) is 12.7 Å². The van der Waals surface area contributed by atoms with Gasteiger partial charge in [0.25, 0.3) is 0 Å². The lowest BCUT2D eigenvalue weighted by molar-refractivity contribution is 0.0430. The van der Waals surface area contributed by atoms with Gasteiger partial charge < -0.3 is 9.47 Å². The van der Waals surface area contributed by atoms with Gasteiger partial charge in [-0.05, 0) is 17.7 Å². The van der Waals surface area contributed by atoms with E-state index in [4.69, 9.17) is 9.47 Å². The number of ether oxygens (including phenoxy) is 2. The Morgan fingerprint density at radius 2 is 1.94 bits per heavy atom. The molecule has 1 rings (SSSR count). The first-order chi connectivity index (χ1) is 7.86. The van der Waals surface area contributed by atoms with Crippen molar-refractivity contribution >= 4 is 11.8 Å². The molecule has 0 heterocycles. The summed E-state index contributed by atoms with van der Waals surface area (Å²) >= 11 is 1.92. The Kier molecular flexibility index (Phi) is 7.30. The largest absolute Gasteiger partial charge is 0.382 e.